The third-order valence-corrected chi connectivity index (χ3v) is 4.85. The lowest BCUT2D eigenvalue weighted by Crippen LogP contribution is -2.38. The monoisotopic (exact) mass is 352 g/mol. The maximum absolute atomic E-state index is 13.3. The van der Waals surface area contributed by atoms with Crippen molar-refractivity contribution >= 4 is 11.0 Å². The van der Waals surface area contributed by atoms with Gasteiger partial charge in [0.15, 0.2) is 0 Å². The Bertz CT molecular complexity index is 960. The summed E-state index contributed by atoms with van der Waals surface area (Å²) >= 11 is 0. The molecule has 0 aliphatic carbocycles. The molecule has 132 valence electrons. The summed E-state index contributed by atoms with van der Waals surface area (Å²) in [5.74, 6) is -2.52. The van der Waals surface area contributed by atoms with Crippen molar-refractivity contribution < 1.29 is 8.78 Å². The topological polar surface area (TPSA) is 44.9 Å². The maximum atomic E-state index is 13.3. The lowest BCUT2D eigenvalue weighted by atomic mass is 10.1. The van der Waals surface area contributed by atoms with Gasteiger partial charge < -0.3 is 4.57 Å². The highest BCUT2D eigenvalue weighted by Gasteiger charge is 2.33. The van der Waals surface area contributed by atoms with Crippen LogP contribution in [0.3, 0.4) is 0 Å². The van der Waals surface area contributed by atoms with Gasteiger partial charge >= 0.3 is 0 Å². The Balaban J connectivity index is 1.54. The summed E-state index contributed by atoms with van der Waals surface area (Å²) < 4.78 is 28.5. The summed E-state index contributed by atoms with van der Waals surface area (Å²) in [6, 6.07) is 13.5. The fourth-order valence-corrected chi connectivity index (χ4v) is 3.36. The maximum Gasteiger partial charge on any atom is 0.250 e. The van der Waals surface area contributed by atoms with Gasteiger partial charge in [0, 0.05) is 55.9 Å². The molecule has 1 fully saturated rings. The molecule has 4 rings (SSSR count). The number of fused-ring (bicyclic) bond motifs is 1. The molecule has 1 aliphatic rings. The molecular weight excluding hydrogens is 334 g/mol. The summed E-state index contributed by atoms with van der Waals surface area (Å²) in [7, 11) is 0. The van der Waals surface area contributed by atoms with Crippen LogP contribution in [0.15, 0.2) is 48.8 Å². The highest BCUT2D eigenvalue weighted by molar-refractivity contribution is 5.78. The lowest BCUT2D eigenvalue weighted by Gasteiger charge is -2.31. The van der Waals surface area contributed by atoms with Crippen LogP contribution in [0.4, 0.5) is 8.78 Å². The Labute approximate surface area is 150 Å². The van der Waals surface area contributed by atoms with Crippen molar-refractivity contribution in [1.29, 1.82) is 5.26 Å². The van der Waals surface area contributed by atoms with Gasteiger partial charge in [-0.1, -0.05) is 0 Å². The van der Waals surface area contributed by atoms with Gasteiger partial charge in [0.25, 0.3) is 5.92 Å². The molecule has 1 aliphatic heterocycles. The molecule has 1 aromatic carbocycles. The van der Waals surface area contributed by atoms with Crippen molar-refractivity contribution in [3.8, 4) is 11.8 Å². The first-order chi connectivity index (χ1) is 12.5. The van der Waals surface area contributed by atoms with Crippen molar-refractivity contribution in [3.63, 3.8) is 0 Å². The number of nitriles is 1. The van der Waals surface area contributed by atoms with Crippen molar-refractivity contribution in [2.45, 2.75) is 25.3 Å². The van der Waals surface area contributed by atoms with E-state index in [4.69, 9.17) is 5.26 Å². The van der Waals surface area contributed by atoms with E-state index in [1.54, 1.807) is 12.1 Å². The number of hydrogen-bond donors (Lipinski definition) is 0. The minimum Gasteiger partial charge on any atom is -0.301 e. The molecule has 0 spiro atoms. The third-order valence-electron chi connectivity index (χ3n) is 4.85. The zero-order chi connectivity index (χ0) is 18.1. The van der Waals surface area contributed by atoms with Gasteiger partial charge in [-0.05, 0) is 42.0 Å². The third kappa shape index (κ3) is 3.31. The van der Waals surface area contributed by atoms with E-state index in [-0.39, 0.29) is 12.8 Å². The summed E-state index contributed by atoms with van der Waals surface area (Å²) in [6.45, 7) is 1.47. The van der Waals surface area contributed by atoms with E-state index in [1.807, 2.05) is 35.2 Å². The fraction of sp³-hybridized carbons (Fsp3) is 0.300. The molecule has 6 heteroatoms. The van der Waals surface area contributed by atoms with Gasteiger partial charge in [0.2, 0.25) is 0 Å². The number of nitrogens with zero attached hydrogens (tertiary/aromatic N) is 4. The number of likely N-dealkylation sites (tertiary alicyclic amines) is 1. The molecule has 3 heterocycles. The van der Waals surface area contributed by atoms with Gasteiger partial charge in [0.1, 0.15) is 5.65 Å². The zero-order valence-electron chi connectivity index (χ0n) is 14.2. The van der Waals surface area contributed by atoms with Crippen LogP contribution in [0.1, 0.15) is 24.0 Å². The van der Waals surface area contributed by atoms with Crippen molar-refractivity contribution in [2.75, 3.05) is 13.1 Å². The Morgan fingerprint density at radius 2 is 1.85 bits per heavy atom. The number of halogens is 2. The predicted molar refractivity (Wildman–Crippen MR) is 95.2 cm³/mol. The van der Waals surface area contributed by atoms with Gasteiger partial charge in [0.05, 0.1) is 11.6 Å². The summed E-state index contributed by atoms with van der Waals surface area (Å²) in [5, 5.41) is 9.92. The van der Waals surface area contributed by atoms with E-state index >= 15 is 0 Å². The molecular formula is C20H18F2N4. The fourth-order valence-electron chi connectivity index (χ4n) is 3.36. The summed E-state index contributed by atoms with van der Waals surface area (Å²) in [6.07, 6.45) is 3.62. The number of aromatic nitrogens is 2. The minimum absolute atomic E-state index is 0.0717. The molecule has 0 bridgehead atoms. The average Bonchev–Trinajstić information content (AvgIpc) is 3.07. The van der Waals surface area contributed by atoms with E-state index in [0.29, 0.717) is 25.2 Å². The van der Waals surface area contributed by atoms with Crippen LogP contribution in [0.5, 0.6) is 0 Å². The van der Waals surface area contributed by atoms with Gasteiger partial charge in [-0.25, -0.2) is 13.8 Å². The standard InChI is InChI=1S/C20H18F2N4/c21-20(22)6-9-25(10-7-20)14-16-11-17-5-8-26(19(17)24-13-16)18-3-1-15(12-23)2-4-18/h1-5,8,11,13H,6-7,9-10,14H2. The van der Waals surface area contributed by atoms with Gasteiger partial charge in [-0.3, -0.25) is 4.90 Å². The van der Waals surface area contributed by atoms with Crippen LogP contribution < -0.4 is 0 Å². The molecule has 0 unspecified atom stereocenters. The molecule has 0 amide bonds. The SMILES string of the molecule is N#Cc1ccc(-n2ccc3cc(CN4CCC(F)(F)CC4)cnc32)cc1. The zero-order valence-corrected chi connectivity index (χ0v) is 14.2. The van der Waals surface area contributed by atoms with E-state index in [1.165, 1.54) is 0 Å². The molecule has 2 aromatic heterocycles. The van der Waals surface area contributed by atoms with Gasteiger partial charge in [-0.2, -0.15) is 5.26 Å². The van der Waals surface area contributed by atoms with Crippen molar-refractivity contribution in [3.05, 3.63) is 59.9 Å². The Hall–Kier alpha value is -2.78. The first-order valence-electron chi connectivity index (χ1n) is 8.61. The lowest BCUT2D eigenvalue weighted by molar-refractivity contribution is -0.0566. The van der Waals surface area contributed by atoms with Crippen LogP contribution in [0, 0.1) is 11.3 Å². The van der Waals surface area contributed by atoms with Crippen LogP contribution in [-0.2, 0) is 6.54 Å². The van der Waals surface area contributed by atoms with Crippen molar-refractivity contribution in [2.24, 2.45) is 0 Å². The Morgan fingerprint density at radius 3 is 2.54 bits per heavy atom. The minimum atomic E-state index is -2.52. The van der Waals surface area contributed by atoms with Crippen LogP contribution in [0.25, 0.3) is 16.7 Å². The smallest absolute Gasteiger partial charge is 0.250 e. The first kappa shape index (κ1) is 16.7. The number of rotatable bonds is 3. The number of benzene rings is 1. The normalized spacial score (nSPS) is 17.3. The summed E-state index contributed by atoms with van der Waals surface area (Å²) in [4.78, 5) is 6.63. The van der Waals surface area contributed by atoms with Crippen LogP contribution >= 0.6 is 0 Å². The Kier molecular flexibility index (Phi) is 4.17. The highest BCUT2D eigenvalue weighted by atomic mass is 19.3. The quantitative estimate of drug-likeness (QED) is 0.712. The molecule has 0 atom stereocenters. The van der Waals surface area contributed by atoms with Crippen molar-refractivity contribution in [1.82, 2.24) is 14.5 Å². The molecule has 1 saturated heterocycles. The molecule has 3 aromatic rings. The number of pyridine rings is 1. The number of hydrogen-bond acceptors (Lipinski definition) is 3. The number of alkyl halides is 2. The molecule has 4 nitrogen and oxygen atoms in total. The van der Waals surface area contributed by atoms with Crippen LogP contribution in [-0.4, -0.2) is 33.5 Å². The number of piperidine rings is 1. The molecule has 0 radical (unpaired) electrons. The second-order valence-electron chi connectivity index (χ2n) is 6.73. The van der Waals surface area contributed by atoms with E-state index in [0.717, 1.165) is 22.3 Å². The summed E-state index contributed by atoms with van der Waals surface area (Å²) in [5.41, 5.74) is 3.43. The Morgan fingerprint density at radius 1 is 1.12 bits per heavy atom. The largest absolute Gasteiger partial charge is 0.301 e. The molecule has 0 N–H and O–H groups in total. The van der Waals surface area contributed by atoms with Gasteiger partial charge in [-0.15, -0.1) is 0 Å². The molecule has 0 saturated carbocycles. The van der Waals surface area contributed by atoms with E-state index in [2.05, 4.69) is 22.0 Å². The first-order valence-corrected chi connectivity index (χ1v) is 8.61. The second kappa shape index (κ2) is 6.50. The predicted octanol–water partition coefficient (Wildman–Crippen LogP) is 4.13. The van der Waals surface area contributed by atoms with E-state index in [9.17, 15) is 8.78 Å². The average molecular weight is 352 g/mol. The molecule has 26 heavy (non-hydrogen) atoms. The van der Waals surface area contributed by atoms with Crippen LogP contribution in [0.2, 0.25) is 0 Å². The van der Waals surface area contributed by atoms with E-state index < -0.39 is 5.92 Å². The highest BCUT2D eigenvalue weighted by Crippen LogP contribution is 2.28. The second-order valence-corrected chi connectivity index (χ2v) is 6.73.